The van der Waals surface area contributed by atoms with Gasteiger partial charge in [-0.15, -0.1) is 0 Å². The van der Waals surface area contributed by atoms with E-state index in [-0.39, 0.29) is 10.8 Å². The van der Waals surface area contributed by atoms with Crippen molar-refractivity contribution in [1.29, 1.82) is 0 Å². The fraction of sp³-hybridized carbons (Fsp3) is 0.231. The van der Waals surface area contributed by atoms with Crippen LogP contribution in [0.1, 0.15) is 23.5 Å². The molecule has 0 spiro atoms. The normalized spacial score (nSPS) is 12.2. The summed E-state index contributed by atoms with van der Waals surface area (Å²) in [5, 5.41) is 20.6. The molecule has 100 valence electrons. The molecule has 0 saturated heterocycles. The second-order valence-electron chi connectivity index (χ2n) is 4.17. The van der Waals surface area contributed by atoms with Crippen molar-refractivity contribution < 1.29 is 14.8 Å². The van der Waals surface area contributed by atoms with E-state index in [2.05, 4.69) is 0 Å². The topological polar surface area (TPSA) is 72.6 Å². The van der Waals surface area contributed by atoms with E-state index in [9.17, 15) is 15.2 Å². The molecule has 6 heteroatoms. The highest BCUT2D eigenvalue weighted by atomic mass is 32.1. The first-order valence-electron chi connectivity index (χ1n) is 5.68. The number of aryl methyl sites for hydroxylation is 1. The van der Waals surface area contributed by atoms with Crippen LogP contribution in [0.25, 0.3) is 0 Å². The lowest BCUT2D eigenvalue weighted by Crippen LogP contribution is -1.89. The Balaban J connectivity index is 2.36. The molecule has 2 aromatic rings. The smallest absolute Gasteiger partial charge is 0.323 e. The number of thiophene rings is 1. The molecule has 1 aromatic carbocycles. The predicted molar refractivity (Wildman–Crippen MR) is 72.9 cm³/mol. The van der Waals surface area contributed by atoms with Gasteiger partial charge in [-0.05, 0) is 31.5 Å². The van der Waals surface area contributed by atoms with E-state index in [1.54, 1.807) is 19.1 Å². The SMILES string of the molecule is Cc1cccc(Oc2sc([C@@H](C)O)cc2[N+](=O)[O-])c1. The highest BCUT2D eigenvalue weighted by Gasteiger charge is 2.23. The van der Waals surface area contributed by atoms with Crippen molar-refractivity contribution in [3.05, 3.63) is 50.9 Å². The standard InChI is InChI=1S/C13H13NO4S/c1-8-4-3-5-10(6-8)18-13-11(14(16)17)7-12(19-13)9(2)15/h3-7,9,15H,1-2H3/t9-/m1/s1. The third-order valence-corrected chi connectivity index (χ3v) is 3.68. The maximum absolute atomic E-state index is 11.0. The van der Waals surface area contributed by atoms with Crippen LogP contribution in [0.15, 0.2) is 30.3 Å². The highest BCUT2D eigenvalue weighted by Crippen LogP contribution is 2.41. The van der Waals surface area contributed by atoms with Crippen LogP contribution in [-0.2, 0) is 0 Å². The van der Waals surface area contributed by atoms with Gasteiger partial charge in [0.1, 0.15) is 5.75 Å². The average Bonchev–Trinajstić information content (AvgIpc) is 2.73. The third kappa shape index (κ3) is 3.10. The zero-order valence-corrected chi connectivity index (χ0v) is 11.3. The van der Waals surface area contributed by atoms with Crippen LogP contribution in [0, 0.1) is 17.0 Å². The van der Waals surface area contributed by atoms with Crippen molar-refractivity contribution in [3.63, 3.8) is 0 Å². The molecule has 19 heavy (non-hydrogen) atoms. The predicted octanol–water partition coefficient (Wildman–Crippen LogP) is 3.81. The lowest BCUT2D eigenvalue weighted by molar-refractivity contribution is -0.385. The van der Waals surface area contributed by atoms with Crippen molar-refractivity contribution in [3.8, 4) is 10.8 Å². The molecule has 0 fully saturated rings. The van der Waals surface area contributed by atoms with Crippen LogP contribution in [0.5, 0.6) is 10.8 Å². The fourth-order valence-corrected chi connectivity index (χ4v) is 2.51. The van der Waals surface area contributed by atoms with Gasteiger partial charge in [-0.3, -0.25) is 10.1 Å². The molecule has 0 aliphatic carbocycles. The van der Waals surface area contributed by atoms with Gasteiger partial charge in [0.2, 0.25) is 0 Å². The van der Waals surface area contributed by atoms with Gasteiger partial charge in [-0.25, -0.2) is 0 Å². The zero-order valence-electron chi connectivity index (χ0n) is 10.5. The maximum Gasteiger partial charge on any atom is 0.323 e. The van der Waals surface area contributed by atoms with Crippen molar-refractivity contribution in [1.82, 2.24) is 0 Å². The first kappa shape index (κ1) is 13.5. The summed E-state index contributed by atoms with van der Waals surface area (Å²) in [7, 11) is 0. The van der Waals surface area contributed by atoms with E-state index >= 15 is 0 Å². The molecule has 1 heterocycles. The van der Waals surface area contributed by atoms with E-state index < -0.39 is 11.0 Å². The summed E-state index contributed by atoms with van der Waals surface area (Å²) in [6, 6.07) is 8.61. The Labute approximate surface area is 114 Å². The number of nitro groups is 1. The van der Waals surface area contributed by atoms with Crippen molar-refractivity contribution in [2.75, 3.05) is 0 Å². The molecular weight excluding hydrogens is 266 g/mol. The minimum atomic E-state index is -0.751. The van der Waals surface area contributed by atoms with Gasteiger partial charge in [0.25, 0.3) is 5.06 Å². The average molecular weight is 279 g/mol. The van der Waals surface area contributed by atoms with E-state index in [1.807, 2.05) is 19.1 Å². The number of nitrogens with zero attached hydrogens (tertiary/aromatic N) is 1. The van der Waals surface area contributed by atoms with Crippen molar-refractivity contribution in [2.45, 2.75) is 20.0 Å². The van der Waals surface area contributed by atoms with Gasteiger partial charge in [0.15, 0.2) is 0 Å². The first-order valence-corrected chi connectivity index (χ1v) is 6.49. The minimum Gasteiger partial charge on any atom is -0.440 e. The van der Waals surface area contributed by atoms with E-state index in [4.69, 9.17) is 4.74 Å². The third-order valence-electron chi connectivity index (χ3n) is 2.51. The second-order valence-corrected chi connectivity index (χ2v) is 5.22. The molecule has 0 aliphatic rings. The van der Waals surface area contributed by atoms with Gasteiger partial charge in [-0.2, -0.15) is 0 Å². The summed E-state index contributed by atoms with van der Waals surface area (Å²) in [6.45, 7) is 3.48. The molecule has 1 aromatic heterocycles. The van der Waals surface area contributed by atoms with E-state index in [1.165, 1.54) is 6.07 Å². The van der Waals surface area contributed by atoms with Gasteiger partial charge < -0.3 is 9.84 Å². The lowest BCUT2D eigenvalue weighted by atomic mass is 10.2. The molecule has 0 unspecified atom stereocenters. The summed E-state index contributed by atoms with van der Waals surface area (Å²) in [5.41, 5.74) is 0.884. The Morgan fingerprint density at radius 1 is 1.42 bits per heavy atom. The molecule has 2 rings (SSSR count). The number of hydrogen-bond acceptors (Lipinski definition) is 5. The van der Waals surface area contributed by atoms with Gasteiger partial charge in [0.05, 0.1) is 11.0 Å². The molecular formula is C13H13NO4S. The van der Waals surface area contributed by atoms with Crippen LogP contribution in [0.3, 0.4) is 0 Å². The first-order chi connectivity index (χ1) is 8.97. The van der Waals surface area contributed by atoms with Gasteiger partial charge in [0, 0.05) is 10.9 Å². The van der Waals surface area contributed by atoms with Crippen LogP contribution < -0.4 is 4.74 Å². The number of aliphatic hydroxyl groups is 1. The van der Waals surface area contributed by atoms with Crippen LogP contribution in [-0.4, -0.2) is 10.0 Å². The lowest BCUT2D eigenvalue weighted by Gasteiger charge is -2.03. The molecule has 0 saturated carbocycles. The van der Waals surface area contributed by atoms with Crippen molar-refractivity contribution in [2.24, 2.45) is 0 Å². The van der Waals surface area contributed by atoms with Crippen LogP contribution >= 0.6 is 11.3 Å². The molecule has 1 atom stereocenters. The Morgan fingerprint density at radius 3 is 2.74 bits per heavy atom. The number of ether oxygens (including phenoxy) is 1. The number of rotatable bonds is 4. The monoisotopic (exact) mass is 279 g/mol. The summed E-state index contributed by atoms with van der Waals surface area (Å²) in [4.78, 5) is 11.0. The highest BCUT2D eigenvalue weighted by molar-refractivity contribution is 7.14. The van der Waals surface area contributed by atoms with E-state index in [0.29, 0.717) is 10.6 Å². The molecule has 0 amide bonds. The largest absolute Gasteiger partial charge is 0.440 e. The Hall–Kier alpha value is -1.92. The summed E-state index contributed by atoms with van der Waals surface area (Å²) in [6.07, 6.45) is -0.751. The quantitative estimate of drug-likeness (QED) is 0.682. The number of benzene rings is 1. The second kappa shape index (κ2) is 5.38. The maximum atomic E-state index is 11.0. The zero-order chi connectivity index (χ0) is 14.0. The van der Waals surface area contributed by atoms with E-state index in [0.717, 1.165) is 16.9 Å². The summed E-state index contributed by atoms with van der Waals surface area (Å²) >= 11 is 1.08. The fourth-order valence-electron chi connectivity index (χ4n) is 1.57. The van der Waals surface area contributed by atoms with Gasteiger partial charge in [-0.1, -0.05) is 23.5 Å². The molecule has 1 N–H and O–H groups in total. The molecule has 0 bridgehead atoms. The molecule has 5 nitrogen and oxygen atoms in total. The van der Waals surface area contributed by atoms with Crippen LogP contribution in [0.2, 0.25) is 0 Å². The Bertz CT molecular complexity index is 606. The Kier molecular flexibility index (Phi) is 3.82. The van der Waals surface area contributed by atoms with Gasteiger partial charge >= 0.3 is 5.69 Å². The number of aliphatic hydroxyl groups excluding tert-OH is 1. The van der Waals surface area contributed by atoms with Crippen LogP contribution in [0.4, 0.5) is 5.69 Å². The summed E-state index contributed by atoms with van der Waals surface area (Å²) < 4.78 is 5.55. The number of hydrogen-bond donors (Lipinski definition) is 1. The van der Waals surface area contributed by atoms with Crippen molar-refractivity contribution >= 4 is 17.0 Å². The summed E-state index contributed by atoms with van der Waals surface area (Å²) in [5.74, 6) is 0.544. The minimum absolute atomic E-state index is 0.123. The molecule has 0 radical (unpaired) electrons. The Morgan fingerprint density at radius 2 is 2.16 bits per heavy atom. The molecule has 0 aliphatic heterocycles.